The van der Waals surface area contributed by atoms with Crippen LogP contribution in [-0.4, -0.2) is 126 Å². The third-order valence-electron chi connectivity index (χ3n) is 17.4. The van der Waals surface area contributed by atoms with Crippen molar-refractivity contribution in [1.82, 2.24) is 9.80 Å². The van der Waals surface area contributed by atoms with Gasteiger partial charge in [-0.1, -0.05) is 34.6 Å². The SMILES string of the molecule is CCO[C@@H](C1C[C@@H](C)[C@H]2C(O1)[C@H](O)[C@@]1(C)C3CC[C@H]4C(C)(C)[C@@H](O[C@H]5CN(C6CN(CCO)C6)CCO5)CCC45CC35CC[C@]21C)C(C)(C)O. The van der Waals surface area contributed by atoms with Crippen molar-refractivity contribution in [3.05, 3.63) is 0 Å². The molecule has 5 aliphatic carbocycles. The van der Waals surface area contributed by atoms with E-state index in [4.69, 9.17) is 18.9 Å². The van der Waals surface area contributed by atoms with Gasteiger partial charge in [-0.15, -0.1) is 0 Å². The Hall–Kier alpha value is -0.360. The first-order valence-corrected chi connectivity index (χ1v) is 20.6. The zero-order valence-electron chi connectivity index (χ0n) is 32.5. The highest BCUT2D eigenvalue weighted by molar-refractivity contribution is 5.33. The van der Waals surface area contributed by atoms with E-state index in [0.717, 1.165) is 58.6 Å². The smallest absolute Gasteiger partial charge is 0.170 e. The van der Waals surface area contributed by atoms with Crippen molar-refractivity contribution in [3.8, 4) is 0 Å². The van der Waals surface area contributed by atoms with E-state index in [1.165, 1.54) is 32.1 Å². The van der Waals surface area contributed by atoms with Crippen molar-refractivity contribution in [2.45, 2.75) is 155 Å². The summed E-state index contributed by atoms with van der Waals surface area (Å²) in [4.78, 5) is 4.88. The summed E-state index contributed by atoms with van der Waals surface area (Å²) in [5.74, 6) is 1.81. The molecule has 8 fully saturated rings. The molecule has 5 unspecified atom stereocenters. The summed E-state index contributed by atoms with van der Waals surface area (Å²) in [6.45, 7) is 24.1. The average molecular weight is 703 g/mol. The van der Waals surface area contributed by atoms with Crippen molar-refractivity contribution < 1.29 is 34.3 Å². The Kier molecular flexibility index (Phi) is 9.02. The molecule has 3 N–H and O–H groups in total. The monoisotopic (exact) mass is 703 g/mol. The van der Waals surface area contributed by atoms with Gasteiger partial charge in [0.2, 0.25) is 0 Å². The highest BCUT2D eigenvalue weighted by Gasteiger charge is 2.84. The van der Waals surface area contributed by atoms with Crippen LogP contribution in [0.15, 0.2) is 0 Å². The van der Waals surface area contributed by atoms with E-state index in [-0.39, 0.29) is 47.5 Å². The number of nitrogens with zero attached hydrogens (tertiary/aromatic N) is 2. The second kappa shape index (κ2) is 12.3. The van der Waals surface area contributed by atoms with Crippen LogP contribution in [0.2, 0.25) is 0 Å². The fourth-order valence-electron chi connectivity index (χ4n) is 15.0. The second-order valence-corrected chi connectivity index (χ2v) is 20.1. The predicted octanol–water partition coefficient (Wildman–Crippen LogP) is 4.70. The molecule has 0 aromatic rings. The zero-order chi connectivity index (χ0) is 35.6. The van der Waals surface area contributed by atoms with Crippen molar-refractivity contribution >= 4 is 0 Å². The molecule has 8 aliphatic rings. The molecular weight excluding hydrogens is 632 g/mol. The molecule has 0 aromatic heterocycles. The van der Waals surface area contributed by atoms with Crippen molar-refractivity contribution in [3.63, 3.8) is 0 Å². The van der Waals surface area contributed by atoms with Crippen LogP contribution in [0.1, 0.15) is 107 Å². The number of aliphatic hydroxyl groups excluding tert-OH is 2. The zero-order valence-corrected chi connectivity index (χ0v) is 32.5. The molecule has 3 saturated heterocycles. The maximum Gasteiger partial charge on any atom is 0.170 e. The molecule has 0 bridgehead atoms. The maximum atomic E-state index is 12.6. The van der Waals surface area contributed by atoms with Gasteiger partial charge in [-0.05, 0) is 117 Å². The Bertz CT molecular complexity index is 1270. The fraction of sp³-hybridized carbons (Fsp3) is 1.00. The summed E-state index contributed by atoms with van der Waals surface area (Å²) < 4.78 is 26.4. The fourth-order valence-corrected chi connectivity index (χ4v) is 15.0. The first-order valence-electron chi connectivity index (χ1n) is 20.6. The quantitative estimate of drug-likeness (QED) is 0.316. The molecule has 3 aliphatic heterocycles. The molecule has 0 amide bonds. The van der Waals surface area contributed by atoms with Crippen LogP contribution < -0.4 is 0 Å². The molecule has 286 valence electrons. The number of rotatable bonds is 9. The molecule has 3 heterocycles. The lowest BCUT2D eigenvalue weighted by Gasteiger charge is -2.64. The summed E-state index contributed by atoms with van der Waals surface area (Å²) in [6.07, 6.45) is 7.93. The molecule has 0 radical (unpaired) electrons. The normalized spacial score (nSPS) is 51.1. The number of fused-ring (bicyclic) bond motifs is 4. The minimum Gasteiger partial charge on any atom is -0.395 e. The first kappa shape index (κ1) is 36.6. The van der Waals surface area contributed by atoms with Gasteiger partial charge in [0, 0.05) is 50.8 Å². The third-order valence-corrected chi connectivity index (χ3v) is 17.4. The van der Waals surface area contributed by atoms with Gasteiger partial charge in [-0.3, -0.25) is 9.80 Å². The van der Waals surface area contributed by atoms with Crippen molar-refractivity contribution in [1.29, 1.82) is 0 Å². The number of morpholine rings is 1. The topological polar surface area (TPSA) is 104 Å². The number of ether oxygens (including phenoxy) is 4. The molecule has 9 nitrogen and oxygen atoms in total. The number of β-amino-alcohol motifs (C(OH)–C–C–N with tert-alkyl or cyclic N) is 1. The molecule has 2 spiro atoms. The highest BCUT2D eigenvalue weighted by Crippen LogP contribution is 2.89. The largest absolute Gasteiger partial charge is 0.395 e. The van der Waals surface area contributed by atoms with Gasteiger partial charge in [0.15, 0.2) is 6.29 Å². The van der Waals surface area contributed by atoms with Crippen molar-refractivity contribution in [2.75, 3.05) is 52.5 Å². The molecular formula is C41H70N2O7. The van der Waals surface area contributed by atoms with Crippen LogP contribution in [0.25, 0.3) is 0 Å². The van der Waals surface area contributed by atoms with Gasteiger partial charge >= 0.3 is 0 Å². The van der Waals surface area contributed by atoms with Gasteiger partial charge in [0.1, 0.15) is 6.10 Å². The van der Waals surface area contributed by atoms with E-state index in [9.17, 15) is 15.3 Å². The van der Waals surface area contributed by atoms with Crippen LogP contribution >= 0.6 is 0 Å². The Balaban J connectivity index is 0.988. The van der Waals surface area contributed by atoms with E-state index < -0.39 is 17.8 Å². The van der Waals surface area contributed by atoms with Crippen LogP contribution in [0.5, 0.6) is 0 Å². The molecule has 9 heteroatoms. The average Bonchev–Trinajstić information content (AvgIpc) is 3.67. The van der Waals surface area contributed by atoms with Gasteiger partial charge < -0.3 is 34.3 Å². The lowest BCUT2D eigenvalue weighted by molar-refractivity contribution is -0.253. The van der Waals surface area contributed by atoms with Gasteiger partial charge in [0.25, 0.3) is 0 Å². The summed E-state index contributed by atoms with van der Waals surface area (Å²) in [5.41, 5.74) is -0.509. The Morgan fingerprint density at radius 3 is 2.40 bits per heavy atom. The van der Waals surface area contributed by atoms with E-state index in [0.29, 0.717) is 47.2 Å². The summed E-state index contributed by atoms with van der Waals surface area (Å²) in [6, 6.07) is 0.542. The summed E-state index contributed by atoms with van der Waals surface area (Å²) >= 11 is 0. The van der Waals surface area contributed by atoms with E-state index in [2.05, 4.69) is 44.4 Å². The van der Waals surface area contributed by atoms with E-state index in [1.807, 2.05) is 20.8 Å². The van der Waals surface area contributed by atoms with Gasteiger partial charge in [-0.25, -0.2) is 0 Å². The first-order chi connectivity index (χ1) is 23.6. The summed E-state index contributed by atoms with van der Waals surface area (Å²) in [7, 11) is 0. The summed E-state index contributed by atoms with van der Waals surface area (Å²) in [5, 5.41) is 33.0. The Morgan fingerprint density at radius 2 is 1.70 bits per heavy atom. The molecule has 0 aromatic carbocycles. The Labute approximate surface area is 302 Å². The van der Waals surface area contributed by atoms with Crippen LogP contribution in [0.3, 0.4) is 0 Å². The minimum atomic E-state index is -1.02. The minimum absolute atomic E-state index is 0.0133. The number of likely N-dealkylation sites (tertiary alicyclic amines) is 1. The maximum absolute atomic E-state index is 12.6. The number of hydrogen-bond donors (Lipinski definition) is 3. The van der Waals surface area contributed by atoms with Crippen LogP contribution in [0, 0.1) is 50.7 Å². The standard InChI is InChI=1S/C41H70N2O7/c1-9-47-35(37(5,6)46)27-20-25(2)32-33(49-27)34(45)39(8)29-11-10-28-36(3,4)30(12-13-40(28)24-41(29,40)15-14-38(32,39)7)50-31-23-43(17-19-48-31)26-21-42(22-26)16-18-44/h25-35,44-46H,9-24H2,1-8H3/t25-,27?,28+,29?,30+,31+,32+,33?,34+,35+,38-,39-,40?,41?/m1/s1. The van der Waals surface area contributed by atoms with Gasteiger partial charge in [0.05, 0.1) is 43.2 Å². The van der Waals surface area contributed by atoms with Gasteiger partial charge in [-0.2, -0.15) is 0 Å². The van der Waals surface area contributed by atoms with E-state index in [1.54, 1.807) is 0 Å². The molecule has 14 atom stereocenters. The molecule has 50 heavy (non-hydrogen) atoms. The highest BCUT2D eigenvalue weighted by atomic mass is 16.7. The molecule has 5 saturated carbocycles. The number of aliphatic hydroxyl groups is 3. The van der Waals surface area contributed by atoms with Crippen LogP contribution in [0.4, 0.5) is 0 Å². The van der Waals surface area contributed by atoms with Crippen LogP contribution in [-0.2, 0) is 18.9 Å². The Morgan fingerprint density at radius 1 is 0.980 bits per heavy atom. The lowest BCUT2D eigenvalue weighted by Crippen LogP contribution is -2.63. The molecule has 8 rings (SSSR count). The van der Waals surface area contributed by atoms with E-state index >= 15 is 0 Å². The second-order valence-electron chi connectivity index (χ2n) is 20.1. The lowest BCUT2D eigenvalue weighted by atomic mass is 9.41. The number of hydrogen-bond acceptors (Lipinski definition) is 9. The third kappa shape index (κ3) is 5.02. The van der Waals surface area contributed by atoms with Crippen molar-refractivity contribution in [2.24, 2.45) is 50.7 Å². The predicted molar refractivity (Wildman–Crippen MR) is 191 cm³/mol.